The highest BCUT2D eigenvalue weighted by molar-refractivity contribution is 5.42. The maximum atomic E-state index is 2.35. The van der Waals surface area contributed by atoms with Crippen molar-refractivity contribution in [1.82, 2.24) is 4.48 Å². The highest BCUT2D eigenvalue weighted by Gasteiger charge is 2.24. The molecule has 2 rings (SSSR count). The Morgan fingerprint density at radius 2 is 1.40 bits per heavy atom. The van der Waals surface area contributed by atoms with Crippen LogP contribution in [0, 0.1) is 0 Å². The van der Waals surface area contributed by atoms with E-state index < -0.39 is 0 Å². The summed E-state index contributed by atoms with van der Waals surface area (Å²) in [7, 11) is 2.35. The van der Waals surface area contributed by atoms with Gasteiger partial charge in [-0.05, 0) is 18.6 Å². The molecule has 0 saturated heterocycles. The van der Waals surface area contributed by atoms with Crippen molar-refractivity contribution in [3.63, 3.8) is 0 Å². The number of hydrogen-bond donors (Lipinski definition) is 0. The van der Waals surface area contributed by atoms with Crippen molar-refractivity contribution in [3.8, 4) is 0 Å². The van der Waals surface area contributed by atoms with Crippen LogP contribution in [-0.2, 0) is 6.54 Å². The van der Waals surface area contributed by atoms with Gasteiger partial charge in [-0.3, -0.25) is 4.48 Å². The SMILES string of the molecule is CCCC[N+](C)(Cc1ccccc1)c1ccccc1.[I-]. The van der Waals surface area contributed by atoms with Gasteiger partial charge < -0.3 is 24.0 Å². The zero-order valence-electron chi connectivity index (χ0n) is 12.4. The summed E-state index contributed by atoms with van der Waals surface area (Å²) in [4.78, 5) is 0. The molecular weight excluding hydrogens is 357 g/mol. The molecule has 0 fully saturated rings. The average Bonchev–Trinajstić information content (AvgIpc) is 2.47. The molecule has 0 N–H and O–H groups in total. The second-order valence-electron chi connectivity index (χ2n) is 5.45. The molecule has 1 unspecified atom stereocenters. The van der Waals surface area contributed by atoms with Crippen molar-refractivity contribution < 1.29 is 24.0 Å². The van der Waals surface area contributed by atoms with Gasteiger partial charge in [0, 0.05) is 5.56 Å². The molecule has 2 aromatic rings. The van der Waals surface area contributed by atoms with Crippen LogP contribution in [0.25, 0.3) is 0 Å². The second-order valence-corrected chi connectivity index (χ2v) is 5.45. The van der Waals surface area contributed by atoms with Crippen LogP contribution in [0.15, 0.2) is 60.7 Å². The van der Waals surface area contributed by atoms with Crippen LogP contribution in [0.4, 0.5) is 5.69 Å². The summed E-state index contributed by atoms with van der Waals surface area (Å²) in [5.74, 6) is 0. The number of rotatable bonds is 6. The molecule has 0 aliphatic carbocycles. The minimum Gasteiger partial charge on any atom is -1.00 e. The van der Waals surface area contributed by atoms with Gasteiger partial charge in [-0.25, -0.2) is 0 Å². The Bertz CT molecular complexity index is 483. The van der Waals surface area contributed by atoms with E-state index in [1.807, 2.05) is 0 Å². The van der Waals surface area contributed by atoms with Crippen molar-refractivity contribution in [2.45, 2.75) is 26.3 Å². The largest absolute Gasteiger partial charge is 1.00 e. The Kier molecular flexibility index (Phi) is 7.24. The smallest absolute Gasteiger partial charge is 0.132 e. The standard InChI is InChI=1S/C18H24N.HI/c1-3-4-15-19(2,18-13-9-6-10-14-18)16-17-11-7-5-8-12-17;/h5-14H,3-4,15-16H2,1-2H3;1H/q+1;/p-1. The van der Waals surface area contributed by atoms with Gasteiger partial charge in [0.2, 0.25) is 0 Å². The van der Waals surface area contributed by atoms with Crippen LogP contribution in [0.1, 0.15) is 25.3 Å². The molecule has 0 aliphatic rings. The molecule has 0 amide bonds. The Labute approximate surface area is 140 Å². The molecule has 0 saturated carbocycles. The zero-order chi connectivity index (χ0) is 13.6. The third-order valence-corrected chi connectivity index (χ3v) is 3.76. The first-order chi connectivity index (χ1) is 9.24. The van der Waals surface area contributed by atoms with Gasteiger partial charge in [-0.2, -0.15) is 0 Å². The first kappa shape index (κ1) is 17.2. The molecule has 0 heterocycles. The fourth-order valence-electron chi connectivity index (χ4n) is 2.58. The van der Waals surface area contributed by atoms with E-state index in [1.54, 1.807) is 0 Å². The van der Waals surface area contributed by atoms with Gasteiger partial charge in [0.1, 0.15) is 12.2 Å². The maximum Gasteiger partial charge on any atom is 0.132 e. The molecule has 108 valence electrons. The quantitative estimate of drug-likeness (QED) is 0.527. The van der Waals surface area contributed by atoms with Gasteiger partial charge >= 0.3 is 0 Å². The number of nitrogens with zero attached hydrogens (tertiary/aromatic N) is 1. The van der Waals surface area contributed by atoms with Crippen LogP contribution in [0.5, 0.6) is 0 Å². The zero-order valence-corrected chi connectivity index (χ0v) is 14.6. The Balaban J connectivity index is 0.00000200. The van der Waals surface area contributed by atoms with Crippen LogP contribution in [0.2, 0.25) is 0 Å². The highest BCUT2D eigenvalue weighted by atomic mass is 127. The summed E-state index contributed by atoms with van der Waals surface area (Å²) < 4.78 is 0.985. The lowest BCUT2D eigenvalue weighted by Gasteiger charge is -2.34. The fraction of sp³-hybridized carbons (Fsp3) is 0.333. The van der Waals surface area contributed by atoms with Crippen LogP contribution in [-0.4, -0.2) is 13.6 Å². The van der Waals surface area contributed by atoms with Crippen molar-refractivity contribution in [2.75, 3.05) is 13.6 Å². The minimum absolute atomic E-state index is 0. The molecule has 0 aliphatic heterocycles. The number of benzene rings is 2. The van der Waals surface area contributed by atoms with Crippen molar-refractivity contribution in [2.24, 2.45) is 0 Å². The van der Waals surface area contributed by atoms with E-state index in [4.69, 9.17) is 0 Å². The van der Waals surface area contributed by atoms with Crippen molar-refractivity contribution >= 4 is 5.69 Å². The third kappa shape index (κ3) is 4.60. The molecule has 2 aromatic carbocycles. The molecule has 0 bridgehead atoms. The summed E-state index contributed by atoms with van der Waals surface area (Å²) in [6, 6.07) is 21.7. The summed E-state index contributed by atoms with van der Waals surface area (Å²) in [5, 5.41) is 0. The molecular formula is C18H24IN. The van der Waals surface area contributed by atoms with Crippen molar-refractivity contribution in [3.05, 3.63) is 66.2 Å². The first-order valence-corrected chi connectivity index (χ1v) is 7.19. The Morgan fingerprint density at radius 1 is 0.850 bits per heavy atom. The molecule has 1 nitrogen and oxygen atoms in total. The molecule has 0 radical (unpaired) electrons. The van der Waals surface area contributed by atoms with E-state index in [1.165, 1.54) is 30.6 Å². The molecule has 2 heteroatoms. The molecule has 1 atom stereocenters. The van der Waals surface area contributed by atoms with Crippen LogP contribution < -0.4 is 28.5 Å². The lowest BCUT2D eigenvalue weighted by atomic mass is 10.1. The van der Waals surface area contributed by atoms with E-state index in [0.29, 0.717) is 0 Å². The Hall–Kier alpha value is -0.870. The van der Waals surface area contributed by atoms with E-state index in [9.17, 15) is 0 Å². The van der Waals surface area contributed by atoms with Crippen molar-refractivity contribution in [1.29, 1.82) is 0 Å². The third-order valence-electron chi connectivity index (χ3n) is 3.76. The number of quaternary nitrogens is 1. The monoisotopic (exact) mass is 381 g/mol. The van der Waals surface area contributed by atoms with E-state index in [0.717, 1.165) is 11.0 Å². The summed E-state index contributed by atoms with van der Waals surface area (Å²) in [6.45, 7) is 4.51. The van der Waals surface area contributed by atoms with E-state index in [-0.39, 0.29) is 24.0 Å². The molecule has 20 heavy (non-hydrogen) atoms. The fourth-order valence-corrected chi connectivity index (χ4v) is 2.58. The van der Waals surface area contributed by atoms with E-state index in [2.05, 4.69) is 74.6 Å². The lowest BCUT2D eigenvalue weighted by Crippen LogP contribution is -3.00. The number of para-hydroxylation sites is 1. The van der Waals surface area contributed by atoms with Crippen LogP contribution in [0.3, 0.4) is 0 Å². The maximum absolute atomic E-state index is 2.35. The predicted molar refractivity (Wildman–Crippen MR) is 84.1 cm³/mol. The second kappa shape index (κ2) is 8.42. The average molecular weight is 381 g/mol. The first-order valence-electron chi connectivity index (χ1n) is 7.19. The van der Waals surface area contributed by atoms with Gasteiger partial charge in [0.25, 0.3) is 0 Å². The predicted octanol–water partition coefficient (Wildman–Crippen LogP) is 1.63. The van der Waals surface area contributed by atoms with Gasteiger partial charge in [-0.15, -0.1) is 0 Å². The summed E-state index contributed by atoms with van der Waals surface area (Å²) >= 11 is 0. The summed E-state index contributed by atoms with van der Waals surface area (Å²) in [5.41, 5.74) is 2.81. The highest BCUT2D eigenvalue weighted by Crippen LogP contribution is 2.24. The van der Waals surface area contributed by atoms with E-state index >= 15 is 0 Å². The Morgan fingerprint density at radius 3 is 1.95 bits per heavy atom. The number of unbranched alkanes of at least 4 members (excludes halogenated alkanes) is 1. The van der Waals surface area contributed by atoms with Gasteiger partial charge in [0.05, 0.1) is 13.6 Å². The topological polar surface area (TPSA) is 0 Å². The minimum atomic E-state index is 0. The number of halogens is 1. The van der Waals surface area contributed by atoms with Crippen LogP contribution >= 0.6 is 0 Å². The molecule has 0 spiro atoms. The summed E-state index contributed by atoms with van der Waals surface area (Å²) in [6.07, 6.45) is 2.51. The molecule has 0 aromatic heterocycles. The lowest BCUT2D eigenvalue weighted by molar-refractivity contribution is -0.00000410. The normalized spacial score (nSPS) is 13.3. The number of hydrogen-bond acceptors (Lipinski definition) is 0. The van der Waals surface area contributed by atoms with Gasteiger partial charge in [0.15, 0.2) is 0 Å². The van der Waals surface area contributed by atoms with Gasteiger partial charge in [-0.1, -0.05) is 61.9 Å².